The van der Waals surface area contributed by atoms with Crippen LogP contribution in [0.4, 0.5) is 0 Å². The van der Waals surface area contributed by atoms with E-state index >= 15 is 0 Å². The molecule has 1 atom stereocenters. The molecule has 0 saturated heterocycles. The largest absolute Gasteiger partial charge is 0.387 e. The van der Waals surface area contributed by atoms with Gasteiger partial charge in [-0.15, -0.1) is 0 Å². The number of unbranched alkanes of at least 4 members (excludes halogenated alkanes) is 2. The highest BCUT2D eigenvalue weighted by Crippen LogP contribution is 2.27. The van der Waals surface area contributed by atoms with Crippen molar-refractivity contribution >= 4 is 16.8 Å². The van der Waals surface area contributed by atoms with E-state index in [9.17, 15) is 5.11 Å². The summed E-state index contributed by atoms with van der Waals surface area (Å²) in [5.41, 5.74) is 1.75. The van der Waals surface area contributed by atoms with Crippen molar-refractivity contribution in [3.8, 4) is 0 Å². The third-order valence-corrected chi connectivity index (χ3v) is 3.71. The summed E-state index contributed by atoms with van der Waals surface area (Å²) in [4.78, 5) is 4.68. The highest BCUT2D eigenvalue weighted by Gasteiger charge is 2.13. The number of rotatable bonds is 7. The average Bonchev–Trinajstić information content (AvgIpc) is 2.52. The summed E-state index contributed by atoms with van der Waals surface area (Å²) in [7, 11) is 0. The minimum absolute atomic E-state index is 0.476. The summed E-state index contributed by atoms with van der Waals surface area (Å²) in [6.45, 7) is 4.29. The number of nitrogens with zero attached hydrogens (tertiary/aromatic N) is 1. The van der Waals surface area contributed by atoms with Gasteiger partial charge in [-0.25, -0.2) is 0 Å². The lowest BCUT2D eigenvalue weighted by Gasteiger charge is -2.14. The molecule has 0 saturated carbocycles. The average molecular weight is 283 g/mol. The Morgan fingerprint density at radius 1 is 1.19 bits per heavy atom. The zero-order valence-electron chi connectivity index (χ0n) is 13.0. The Bertz CT molecular complexity index is 604. The van der Waals surface area contributed by atoms with Crippen LogP contribution < -0.4 is 0 Å². The Kier molecular flexibility index (Phi) is 5.94. The van der Waals surface area contributed by atoms with Gasteiger partial charge in [0.15, 0.2) is 0 Å². The Morgan fingerprint density at radius 2 is 2.00 bits per heavy atom. The van der Waals surface area contributed by atoms with Gasteiger partial charge in [0.1, 0.15) is 0 Å². The van der Waals surface area contributed by atoms with Crippen molar-refractivity contribution in [2.75, 3.05) is 0 Å². The van der Waals surface area contributed by atoms with Crippen molar-refractivity contribution in [1.82, 2.24) is 4.98 Å². The molecule has 2 nitrogen and oxygen atoms in total. The predicted octanol–water partition coefficient (Wildman–Crippen LogP) is 5.27. The molecule has 2 rings (SSSR count). The third kappa shape index (κ3) is 4.15. The normalized spacial score (nSPS) is 13.1. The van der Waals surface area contributed by atoms with Gasteiger partial charge in [-0.3, -0.25) is 4.98 Å². The number of aromatic nitrogens is 1. The van der Waals surface area contributed by atoms with Crippen LogP contribution in [0.25, 0.3) is 16.8 Å². The molecule has 0 aliphatic heterocycles. The van der Waals surface area contributed by atoms with E-state index in [1.807, 2.05) is 24.3 Å². The fourth-order valence-electron chi connectivity index (χ4n) is 2.55. The van der Waals surface area contributed by atoms with Crippen molar-refractivity contribution in [1.29, 1.82) is 0 Å². The molecule has 1 unspecified atom stereocenters. The summed E-state index contributed by atoms with van der Waals surface area (Å²) in [6, 6.07) is 10.3. The first-order valence-electron chi connectivity index (χ1n) is 8.00. The zero-order valence-corrected chi connectivity index (χ0v) is 13.0. The van der Waals surface area contributed by atoms with E-state index in [2.05, 4.69) is 37.0 Å². The van der Waals surface area contributed by atoms with E-state index in [4.69, 9.17) is 0 Å². The number of fused-ring (bicyclic) bond motifs is 1. The molecule has 0 radical (unpaired) electrons. The Labute approximate surface area is 127 Å². The maximum Gasteiger partial charge on any atom is 0.0966 e. The molecule has 0 bridgehead atoms. The van der Waals surface area contributed by atoms with Crippen LogP contribution in [0.1, 0.15) is 63.4 Å². The second-order valence-corrected chi connectivity index (χ2v) is 5.48. The smallest absolute Gasteiger partial charge is 0.0966 e. The van der Waals surface area contributed by atoms with Crippen LogP contribution in [0.2, 0.25) is 0 Å². The quantitative estimate of drug-likeness (QED) is 0.702. The fourth-order valence-corrected chi connectivity index (χ4v) is 2.55. The number of allylic oxidation sites excluding steroid dienone is 1. The second kappa shape index (κ2) is 7.94. The number of benzene rings is 1. The minimum Gasteiger partial charge on any atom is -0.387 e. The number of hydrogen-bond donors (Lipinski definition) is 1. The van der Waals surface area contributed by atoms with Crippen molar-refractivity contribution in [3.05, 3.63) is 47.8 Å². The lowest BCUT2D eigenvalue weighted by Crippen LogP contribution is -2.03. The Hall–Kier alpha value is -1.67. The molecule has 2 aromatic rings. The van der Waals surface area contributed by atoms with Gasteiger partial charge in [0.25, 0.3) is 0 Å². The molecule has 0 aliphatic rings. The van der Waals surface area contributed by atoms with Gasteiger partial charge >= 0.3 is 0 Å². The molecule has 0 fully saturated rings. The van der Waals surface area contributed by atoms with Crippen molar-refractivity contribution in [3.63, 3.8) is 0 Å². The van der Waals surface area contributed by atoms with E-state index in [1.165, 1.54) is 6.42 Å². The van der Waals surface area contributed by atoms with Gasteiger partial charge in [0.05, 0.1) is 17.5 Å². The van der Waals surface area contributed by atoms with Crippen molar-refractivity contribution < 1.29 is 5.11 Å². The van der Waals surface area contributed by atoms with Gasteiger partial charge in [0.2, 0.25) is 0 Å². The van der Waals surface area contributed by atoms with E-state index in [1.54, 1.807) is 0 Å². The molecule has 0 aliphatic carbocycles. The fraction of sp³-hybridized carbons (Fsp3) is 0.421. The maximum atomic E-state index is 10.5. The van der Waals surface area contributed by atoms with Crippen LogP contribution in [-0.2, 0) is 0 Å². The molecule has 1 aromatic carbocycles. The van der Waals surface area contributed by atoms with Gasteiger partial charge in [-0.1, -0.05) is 63.5 Å². The first kappa shape index (κ1) is 15.7. The van der Waals surface area contributed by atoms with Crippen molar-refractivity contribution in [2.24, 2.45) is 0 Å². The molecular weight excluding hydrogens is 258 g/mol. The third-order valence-electron chi connectivity index (χ3n) is 3.71. The summed E-state index contributed by atoms with van der Waals surface area (Å²) >= 11 is 0. The molecule has 1 aromatic heterocycles. The maximum absolute atomic E-state index is 10.5. The highest BCUT2D eigenvalue weighted by molar-refractivity contribution is 5.86. The lowest BCUT2D eigenvalue weighted by molar-refractivity contribution is 0.160. The monoisotopic (exact) mass is 283 g/mol. The van der Waals surface area contributed by atoms with Crippen LogP contribution in [0.5, 0.6) is 0 Å². The molecule has 1 heterocycles. The first-order chi connectivity index (χ1) is 10.3. The highest BCUT2D eigenvalue weighted by atomic mass is 16.3. The Morgan fingerprint density at radius 3 is 2.76 bits per heavy atom. The SMILES string of the molecule is CC/C=C/c1cc2ccccc2c(C(O)CCCCC)n1. The van der Waals surface area contributed by atoms with Gasteiger partial charge in [-0.2, -0.15) is 0 Å². The Balaban J connectivity index is 2.36. The van der Waals surface area contributed by atoms with E-state index in [0.29, 0.717) is 0 Å². The zero-order chi connectivity index (χ0) is 15.1. The van der Waals surface area contributed by atoms with Gasteiger partial charge in [0, 0.05) is 5.39 Å². The van der Waals surface area contributed by atoms with Crippen LogP contribution in [-0.4, -0.2) is 10.1 Å². The number of aliphatic hydroxyl groups excluding tert-OH is 1. The van der Waals surface area contributed by atoms with E-state index in [-0.39, 0.29) is 0 Å². The van der Waals surface area contributed by atoms with Crippen LogP contribution in [0.15, 0.2) is 36.4 Å². The standard InChI is InChI=1S/C19H25NO/c1-3-5-7-13-18(21)19-17-12-9-8-10-15(17)14-16(20-19)11-6-4-2/h6,8-12,14,18,21H,3-5,7,13H2,1-2H3/b11-6+. The van der Waals surface area contributed by atoms with Gasteiger partial charge in [-0.05, 0) is 30.4 Å². The molecule has 0 spiro atoms. The summed E-state index contributed by atoms with van der Waals surface area (Å²) in [5.74, 6) is 0. The van der Waals surface area contributed by atoms with Crippen LogP contribution >= 0.6 is 0 Å². The molecule has 21 heavy (non-hydrogen) atoms. The van der Waals surface area contributed by atoms with Crippen LogP contribution in [0, 0.1) is 0 Å². The minimum atomic E-state index is -0.476. The summed E-state index contributed by atoms with van der Waals surface area (Å²) < 4.78 is 0. The number of aliphatic hydroxyl groups is 1. The molecular formula is C19H25NO. The van der Waals surface area contributed by atoms with Crippen LogP contribution in [0.3, 0.4) is 0 Å². The topological polar surface area (TPSA) is 33.1 Å². The lowest BCUT2D eigenvalue weighted by atomic mass is 10.0. The first-order valence-corrected chi connectivity index (χ1v) is 8.00. The van der Waals surface area contributed by atoms with E-state index < -0.39 is 6.10 Å². The second-order valence-electron chi connectivity index (χ2n) is 5.48. The number of pyridine rings is 1. The molecule has 112 valence electrons. The predicted molar refractivity (Wildman–Crippen MR) is 90.2 cm³/mol. The van der Waals surface area contributed by atoms with E-state index in [0.717, 1.165) is 47.8 Å². The van der Waals surface area contributed by atoms with Crippen molar-refractivity contribution in [2.45, 2.75) is 52.1 Å². The summed E-state index contributed by atoms with van der Waals surface area (Å²) in [6.07, 6.45) is 8.80. The molecule has 2 heteroatoms. The number of hydrogen-bond acceptors (Lipinski definition) is 2. The molecule has 0 amide bonds. The van der Waals surface area contributed by atoms with Gasteiger partial charge < -0.3 is 5.11 Å². The summed E-state index contributed by atoms with van der Waals surface area (Å²) in [5, 5.41) is 12.7. The molecule has 1 N–H and O–H groups in total.